The highest BCUT2D eigenvalue weighted by Gasteiger charge is 2.16. The third kappa shape index (κ3) is 2.74. The summed E-state index contributed by atoms with van der Waals surface area (Å²) in [6.45, 7) is 2.15. The minimum atomic E-state index is 0.353. The summed E-state index contributed by atoms with van der Waals surface area (Å²) >= 11 is 0. The lowest BCUT2D eigenvalue weighted by molar-refractivity contribution is 0.0827. The van der Waals surface area contributed by atoms with E-state index >= 15 is 0 Å². The van der Waals surface area contributed by atoms with Gasteiger partial charge in [0.2, 0.25) is 0 Å². The van der Waals surface area contributed by atoms with Crippen LogP contribution in [-0.4, -0.2) is 31.1 Å². The van der Waals surface area contributed by atoms with Gasteiger partial charge in [0, 0.05) is 6.04 Å². The summed E-state index contributed by atoms with van der Waals surface area (Å²) in [5.41, 5.74) is 2.70. The van der Waals surface area contributed by atoms with Crippen LogP contribution in [0.4, 0.5) is 0 Å². The molecule has 1 fully saturated rings. The molecule has 0 bridgehead atoms. The fraction of sp³-hybridized carbons (Fsp3) is 0.857. The van der Waals surface area contributed by atoms with Crippen molar-refractivity contribution in [3.05, 3.63) is 0 Å². The Labute approximate surface area is 66.7 Å². The summed E-state index contributed by atoms with van der Waals surface area (Å²) in [6.07, 6.45) is 3.71. The van der Waals surface area contributed by atoms with Crippen LogP contribution in [0.1, 0.15) is 12.8 Å². The number of nitrogens with one attached hydrogen (secondary N) is 1. The topological polar surface area (TPSA) is 48.3 Å². The van der Waals surface area contributed by atoms with Crippen molar-refractivity contribution in [3.63, 3.8) is 0 Å². The van der Waals surface area contributed by atoms with E-state index in [-0.39, 0.29) is 0 Å². The second-order valence-corrected chi connectivity index (χ2v) is 2.89. The third-order valence-electron chi connectivity index (χ3n) is 1.99. The maximum Gasteiger partial charge on any atom is 0.307 e. The molecule has 0 atom stereocenters. The Morgan fingerprint density at radius 2 is 2.18 bits per heavy atom. The molecule has 1 rings (SSSR count). The number of hydrogen-bond acceptors (Lipinski definition) is 4. The second kappa shape index (κ2) is 4.16. The van der Waals surface area contributed by atoms with Crippen LogP contribution in [0.15, 0.2) is 0 Å². The number of hydrogen-bond donors (Lipinski definition) is 1. The zero-order valence-corrected chi connectivity index (χ0v) is 6.71. The number of nitrogens with zero attached hydrogens (tertiary/aromatic N) is 2. The molecule has 0 spiro atoms. The van der Waals surface area contributed by atoms with Gasteiger partial charge in [0.25, 0.3) is 0 Å². The lowest BCUT2D eigenvalue weighted by atomic mass is 10.1. The Hall–Kier alpha value is -0.790. The Morgan fingerprint density at radius 1 is 1.55 bits per heavy atom. The number of rotatable bonds is 2. The van der Waals surface area contributed by atoms with E-state index in [2.05, 4.69) is 22.3 Å². The summed E-state index contributed by atoms with van der Waals surface area (Å²) in [6, 6.07) is 0.353. The van der Waals surface area contributed by atoms with E-state index in [1.807, 2.05) is 0 Å². The normalized spacial score (nSPS) is 21.1. The van der Waals surface area contributed by atoms with E-state index in [9.17, 15) is 0 Å². The first-order valence-electron chi connectivity index (χ1n) is 3.82. The van der Waals surface area contributed by atoms with Crippen molar-refractivity contribution in [1.82, 2.24) is 10.4 Å². The van der Waals surface area contributed by atoms with Crippen molar-refractivity contribution in [2.75, 3.05) is 20.1 Å². The SMILES string of the molecule is CN1CCC(NOC#N)CC1. The van der Waals surface area contributed by atoms with E-state index in [0.29, 0.717) is 6.04 Å². The van der Waals surface area contributed by atoms with Gasteiger partial charge in [-0.3, -0.25) is 0 Å². The molecule has 1 saturated heterocycles. The van der Waals surface area contributed by atoms with Gasteiger partial charge in [-0.15, -0.1) is 10.7 Å². The molecule has 0 aliphatic carbocycles. The maximum absolute atomic E-state index is 8.10. The first-order chi connectivity index (χ1) is 5.33. The third-order valence-corrected chi connectivity index (χ3v) is 1.99. The zero-order valence-electron chi connectivity index (χ0n) is 6.71. The molecule has 0 aromatic rings. The molecule has 4 nitrogen and oxygen atoms in total. The largest absolute Gasteiger partial charge is 0.330 e. The van der Waals surface area contributed by atoms with Crippen molar-refractivity contribution >= 4 is 0 Å². The summed E-state index contributed by atoms with van der Waals surface area (Å²) < 4.78 is 0. The van der Waals surface area contributed by atoms with E-state index in [4.69, 9.17) is 5.26 Å². The quantitative estimate of drug-likeness (QED) is 0.453. The summed E-state index contributed by atoms with van der Waals surface area (Å²) in [5, 5.41) is 8.10. The number of nitriles is 1. The maximum atomic E-state index is 8.10. The number of hydroxylamine groups is 1. The first kappa shape index (κ1) is 8.31. The highest BCUT2D eigenvalue weighted by Crippen LogP contribution is 2.07. The highest BCUT2D eigenvalue weighted by molar-refractivity contribution is 4.72. The van der Waals surface area contributed by atoms with Gasteiger partial charge in [-0.25, -0.2) is 0 Å². The lowest BCUT2D eigenvalue weighted by Crippen LogP contribution is -2.40. The molecule has 4 heteroatoms. The molecule has 0 aromatic heterocycles. The zero-order chi connectivity index (χ0) is 8.10. The monoisotopic (exact) mass is 155 g/mol. The van der Waals surface area contributed by atoms with E-state index in [1.54, 1.807) is 6.26 Å². The van der Waals surface area contributed by atoms with Crippen LogP contribution < -0.4 is 5.48 Å². The average Bonchev–Trinajstić information content (AvgIpc) is 2.04. The Kier molecular flexibility index (Phi) is 3.14. The van der Waals surface area contributed by atoms with Crippen LogP contribution in [0.3, 0.4) is 0 Å². The Morgan fingerprint density at radius 3 is 2.73 bits per heavy atom. The lowest BCUT2D eigenvalue weighted by Gasteiger charge is -2.27. The predicted octanol–water partition coefficient (Wildman–Crippen LogP) is 0.0829. The molecule has 1 aliphatic heterocycles. The van der Waals surface area contributed by atoms with Crippen LogP contribution in [0.5, 0.6) is 0 Å². The van der Waals surface area contributed by atoms with E-state index in [1.165, 1.54) is 0 Å². The molecule has 0 unspecified atom stereocenters. The fourth-order valence-corrected chi connectivity index (χ4v) is 1.24. The molecule has 0 amide bonds. The molecule has 11 heavy (non-hydrogen) atoms. The molecule has 1 aliphatic rings. The van der Waals surface area contributed by atoms with Gasteiger partial charge in [0.1, 0.15) is 0 Å². The van der Waals surface area contributed by atoms with Gasteiger partial charge in [0.15, 0.2) is 0 Å². The van der Waals surface area contributed by atoms with Crippen molar-refractivity contribution < 1.29 is 4.84 Å². The second-order valence-electron chi connectivity index (χ2n) is 2.89. The van der Waals surface area contributed by atoms with Crippen molar-refractivity contribution in [2.24, 2.45) is 0 Å². The van der Waals surface area contributed by atoms with Crippen LogP contribution in [0.25, 0.3) is 0 Å². The molecule has 0 radical (unpaired) electrons. The molecular formula is C7H13N3O. The van der Waals surface area contributed by atoms with Gasteiger partial charge in [-0.2, -0.15) is 0 Å². The van der Waals surface area contributed by atoms with Crippen LogP contribution >= 0.6 is 0 Å². The van der Waals surface area contributed by atoms with Crippen LogP contribution in [0, 0.1) is 11.5 Å². The first-order valence-corrected chi connectivity index (χ1v) is 3.82. The molecular weight excluding hydrogens is 142 g/mol. The summed E-state index contributed by atoms with van der Waals surface area (Å²) in [4.78, 5) is 6.71. The molecule has 0 aromatic carbocycles. The molecule has 1 heterocycles. The van der Waals surface area contributed by atoms with Gasteiger partial charge >= 0.3 is 6.26 Å². The van der Waals surface area contributed by atoms with Gasteiger partial charge < -0.3 is 9.74 Å². The van der Waals surface area contributed by atoms with E-state index in [0.717, 1.165) is 25.9 Å². The fourth-order valence-electron chi connectivity index (χ4n) is 1.24. The highest BCUT2D eigenvalue weighted by atomic mass is 16.6. The van der Waals surface area contributed by atoms with Gasteiger partial charge in [0.05, 0.1) is 0 Å². The molecule has 1 N–H and O–H groups in total. The minimum absolute atomic E-state index is 0.353. The Balaban J connectivity index is 2.13. The van der Waals surface area contributed by atoms with E-state index < -0.39 is 0 Å². The van der Waals surface area contributed by atoms with Crippen molar-refractivity contribution in [3.8, 4) is 6.26 Å². The molecule has 0 saturated carbocycles. The standard InChI is InChI=1S/C7H13N3O/c1-10-4-2-7(3-5-10)9-11-6-8/h7,9H,2-5H2,1H3. The Bertz CT molecular complexity index is 146. The molecule has 62 valence electrons. The number of piperidine rings is 1. The summed E-state index contributed by atoms with van der Waals surface area (Å²) in [7, 11) is 2.10. The van der Waals surface area contributed by atoms with Crippen molar-refractivity contribution in [1.29, 1.82) is 5.26 Å². The van der Waals surface area contributed by atoms with Crippen molar-refractivity contribution in [2.45, 2.75) is 18.9 Å². The predicted molar refractivity (Wildman–Crippen MR) is 40.4 cm³/mol. The summed E-state index contributed by atoms with van der Waals surface area (Å²) in [5.74, 6) is 0. The van der Waals surface area contributed by atoms with Gasteiger partial charge in [-0.05, 0) is 33.0 Å². The van der Waals surface area contributed by atoms with Crippen LogP contribution in [0.2, 0.25) is 0 Å². The number of likely N-dealkylation sites (tertiary alicyclic amines) is 1. The van der Waals surface area contributed by atoms with Crippen LogP contribution in [-0.2, 0) is 4.84 Å². The van der Waals surface area contributed by atoms with Gasteiger partial charge in [-0.1, -0.05) is 0 Å². The smallest absolute Gasteiger partial charge is 0.307 e. The average molecular weight is 155 g/mol. The minimum Gasteiger partial charge on any atom is -0.330 e.